The van der Waals surface area contributed by atoms with Crippen molar-refractivity contribution in [3.05, 3.63) is 29.6 Å². The van der Waals surface area contributed by atoms with Gasteiger partial charge in [-0.3, -0.25) is 0 Å². The largest absolute Gasteiger partial charge is 0.370 e. The van der Waals surface area contributed by atoms with E-state index in [2.05, 4.69) is 10.3 Å². The molecule has 92 valence electrons. The zero-order valence-corrected chi connectivity index (χ0v) is 9.70. The van der Waals surface area contributed by atoms with Gasteiger partial charge in [0.1, 0.15) is 5.82 Å². The van der Waals surface area contributed by atoms with Crippen LogP contribution in [0.2, 0.25) is 0 Å². The zero-order chi connectivity index (χ0) is 13.0. The number of nitrogens with one attached hydrogen (secondary N) is 1. The summed E-state index contributed by atoms with van der Waals surface area (Å²) in [5.41, 5.74) is 11.3. The van der Waals surface area contributed by atoms with Crippen LogP contribution in [0.15, 0.2) is 23.2 Å². The Morgan fingerprint density at radius 2 is 2.06 bits per heavy atom. The van der Waals surface area contributed by atoms with Gasteiger partial charge in [-0.15, -0.1) is 0 Å². The zero-order valence-electron chi connectivity index (χ0n) is 9.70. The Labute approximate surface area is 98.7 Å². The molecule has 0 fully saturated rings. The summed E-state index contributed by atoms with van der Waals surface area (Å²) < 4.78 is 13.1. The monoisotopic (exact) mass is 238 g/mol. The molecule has 0 bridgehead atoms. The lowest BCUT2D eigenvalue weighted by molar-refractivity contribution is 0.259. The summed E-state index contributed by atoms with van der Waals surface area (Å²) in [4.78, 5) is 14.7. The number of aliphatic imine (C=N–C) groups is 1. The van der Waals surface area contributed by atoms with Crippen LogP contribution >= 0.6 is 0 Å². The predicted molar refractivity (Wildman–Crippen MR) is 65.3 cm³/mol. The first-order valence-corrected chi connectivity index (χ1v) is 5.10. The Kier molecular flexibility index (Phi) is 4.03. The molecule has 5 nitrogen and oxygen atoms in total. The molecule has 1 aromatic carbocycles. The Balaban J connectivity index is 2.98. The van der Waals surface area contributed by atoms with Crippen molar-refractivity contribution in [2.24, 2.45) is 16.5 Å². The number of amides is 2. The highest BCUT2D eigenvalue weighted by Gasteiger charge is 2.10. The summed E-state index contributed by atoms with van der Waals surface area (Å²) in [7, 11) is 0. The van der Waals surface area contributed by atoms with E-state index in [1.165, 1.54) is 18.2 Å². The molecule has 5 N–H and O–H groups in total. The second-order valence-electron chi connectivity index (χ2n) is 3.85. The number of hydrogen-bond acceptors (Lipinski definition) is 1. The molecule has 0 spiro atoms. The van der Waals surface area contributed by atoms with E-state index in [4.69, 9.17) is 11.5 Å². The van der Waals surface area contributed by atoms with Gasteiger partial charge in [-0.1, -0.05) is 13.8 Å². The van der Waals surface area contributed by atoms with Crippen molar-refractivity contribution in [2.75, 3.05) is 5.32 Å². The van der Waals surface area contributed by atoms with E-state index in [0.717, 1.165) is 0 Å². The molecule has 1 rings (SSSR count). The van der Waals surface area contributed by atoms with E-state index in [1.807, 2.05) is 13.8 Å². The number of nitrogens with two attached hydrogens (primary N) is 2. The molecular weight excluding hydrogens is 223 g/mol. The summed E-state index contributed by atoms with van der Waals surface area (Å²) in [6, 6.07) is 3.43. The summed E-state index contributed by atoms with van der Waals surface area (Å²) >= 11 is 0. The summed E-state index contributed by atoms with van der Waals surface area (Å²) in [6.45, 7) is 3.79. The lowest BCUT2D eigenvalue weighted by Crippen LogP contribution is -2.25. The molecule has 0 aromatic heterocycles. The average Bonchev–Trinajstić information content (AvgIpc) is 2.19. The average molecular weight is 238 g/mol. The fraction of sp³-hybridized carbons (Fsp3) is 0.273. The molecular formula is C11H15FN4O. The molecule has 0 heterocycles. The van der Waals surface area contributed by atoms with Gasteiger partial charge in [0.2, 0.25) is 0 Å². The van der Waals surface area contributed by atoms with E-state index in [1.54, 1.807) is 0 Å². The van der Waals surface area contributed by atoms with E-state index < -0.39 is 6.03 Å². The third-order valence-electron chi connectivity index (χ3n) is 2.11. The van der Waals surface area contributed by atoms with Crippen LogP contribution in [0.4, 0.5) is 14.9 Å². The fourth-order valence-electron chi connectivity index (χ4n) is 1.39. The predicted octanol–water partition coefficient (Wildman–Crippen LogP) is 1.75. The van der Waals surface area contributed by atoms with E-state index >= 15 is 0 Å². The first-order chi connectivity index (χ1) is 7.90. The number of anilines is 1. The molecule has 6 heteroatoms. The maximum absolute atomic E-state index is 13.1. The van der Waals surface area contributed by atoms with Crippen LogP contribution in [0, 0.1) is 5.82 Å². The molecule has 2 amide bonds. The molecule has 0 atom stereocenters. The number of urea groups is 1. The smallest absolute Gasteiger partial charge is 0.348 e. The Bertz CT molecular complexity index is 453. The maximum Gasteiger partial charge on any atom is 0.348 e. The second kappa shape index (κ2) is 5.29. The highest BCUT2D eigenvalue weighted by Crippen LogP contribution is 2.25. The number of rotatable bonds is 2. The van der Waals surface area contributed by atoms with E-state index in [9.17, 15) is 9.18 Å². The van der Waals surface area contributed by atoms with Crippen LogP contribution in [-0.4, -0.2) is 12.0 Å². The summed E-state index contributed by atoms with van der Waals surface area (Å²) in [5, 5.41) is 2.50. The van der Waals surface area contributed by atoms with Crippen molar-refractivity contribution in [2.45, 2.75) is 19.8 Å². The highest BCUT2D eigenvalue weighted by atomic mass is 19.1. The van der Waals surface area contributed by atoms with Gasteiger partial charge in [0.05, 0.1) is 0 Å². The molecule has 0 saturated carbocycles. The van der Waals surface area contributed by atoms with Crippen LogP contribution in [0.5, 0.6) is 0 Å². The van der Waals surface area contributed by atoms with Gasteiger partial charge in [-0.25, -0.2) is 9.18 Å². The lowest BCUT2D eigenvalue weighted by Gasteiger charge is -2.12. The van der Waals surface area contributed by atoms with Crippen LogP contribution < -0.4 is 16.8 Å². The van der Waals surface area contributed by atoms with Crippen LogP contribution in [0.3, 0.4) is 0 Å². The fourth-order valence-corrected chi connectivity index (χ4v) is 1.39. The van der Waals surface area contributed by atoms with Gasteiger partial charge in [0, 0.05) is 5.69 Å². The number of nitrogens with zero attached hydrogens (tertiary/aromatic N) is 1. The number of carbonyl (C=O) groups excluding carboxylic acids is 1. The molecule has 1 aromatic rings. The van der Waals surface area contributed by atoms with Crippen LogP contribution in [0.25, 0.3) is 0 Å². The molecule has 0 aliphatic heterocycles. The van der Waals surface area contributed by atoms with Crippen LogP contribution in [0.1, 0.15) is 25.3 Å². The Morgan fingerprint density at radius 1 is 1.41 bits per heavy atom. The van der Waals surface area contributed by atoms with E-state index in [0.29, 0.717) is 11.3 Å². The van der Waals surface area contributed by atoms with Gasteiger partial charge < -0.3 is 16.8 Å². The van der Waals surface area contributed by atoms with Crippen molar-refractivity contribution in [3.63, 3.8) is 0 Å². The number of guanidine groups is 1. The minimum atomic E-state index is -0.682. The first kappa shape index (κ1) is 13.0. The number of benzene rings is 1. The lowest BCUT2D eigenvalue weighted by atomic mass is 10.0. The van der Waals surface area contributed by atoms with Gasteiger partial charge >= 0.3 is 6.03 Å². The topological polar surface area (TPSA) is 93.5 Å². The number of carbonyl (C=O) groups is 1. The minimum absolute atomic E-state index is 0.0696. The third-order valence-corrected chi connectivity index (χ3v) is 2.11. The molecule has 0 aliphatic rings. The van der Waals surface area contributed by atoms with Crippen molar-refractivity contribution in [1.82, 2.24) is 0 Å². The molecule has 0 aliphatic carbocycles. The Hall–Kier alpha value is -2.11. The van der Waals surface area contributed by atoms with Crippen molar-refractivity contribution in [1.29, 1.82) is 0 Å². The van der Waals surface area contributed by atoms with Crippen LogP contribution in [-0.2, 0) is 0 Å². The minimum Gasteiger partial charge on any atom is -0.370 e. The van der Waals surface area contributed by atoms with Crippen molar-refractivity contribution in [3.8, 4) is 0 Å². The molecule has 17 heavy (non-hydrogen) atoms. The summed E-state index contributed by atoms with van der Waals surface area (Å²) in [6.07, 6.45) is 0. The standard InChI is InChI=1S/C11H15FN4O/c1-6(2)8-5-7(12)3-4-9(8)15-11(17)16-10(13)14/h3-6H,1-2H3,(H5,13,14,15,16,17). The van der Waals surface area contributed by atoms with Gasteiger partial charge in [-0.2, -0.15) is 4.99 Å². The Morgan fingerprint density at radius 3 is 2.59 bits per heavy atom. The van der Waals surface area contributed by atoms with Crippen molar-refractivity contribution < 1.29 is 9.18 Å². The highest BCUT2D eigenvalue weighted by molar-refractivity contribution is 5.98. The first-order valence-electron chi connectivity index (χ1n) is 5.10. The van der Waals surface area contributed by atoms with Crippen molar-refractivity contribution >= 4 is 17.7 Å². The van der Waals surface area contributed by atoms with Gasteiger partial charge in [0.25, 0.3) is 0 Å². The normalized spacial score (nSPS) is 10.1. The number of halogens is 1. The summed E-state index contributed by atoms with van der Waals surface area (Å²) in [5.74, 6) is -0.607. The maximum atomic E-state index is 13.1. The van der Waals surface area contributed by atoms with Gasteiger partial charge in [0.15, 0.2) is 5.96 Å². The SMILES string of the molecule is CC(C)c1cc(F)ccc1NC(=O)N=C(N)N. The molecule has 0 radical (unpaired) electrons. The second-order valence-corrected chi connectivity index (χ2v) is 3.85. The van der Waals surface area contributed by atoms with E-state index in [-0.39, 0.29) is 17.7 Å². The third kappa shape index (κ3) is 3.75. The molecule has 0 saturated heterocycles. The molecule has 0 unspecified atom stereocenters. The quantitative estimate of drug-likeness (QED) is 0.541. The van der Waals surface area contributed by atoms with Gasteiger partial charge in [-0.05, 0) is 29.7 Å². The number of hydrogen-bond donors (Lipinski definition) is 3.